The standard InChI is InChI=1S/C67H49N/c1-66(2)60-28-13-9-24-55(60)58-26-17-27-59(65(58)66)57-25-12-16-31-64(57)68(63-30-15-11-22-53(63)48-37-40-52-47(42-48)33-32-45-18-7-8-21-51(45)52)50-38-34-44(35-39-50)46-36-41-56-54-23-10-14-29-61(54)67(3,62(56)43-46)49-19-5-4-6-20-49/h4-43H,1-3H3. The van der Waals surface area contributed by atoms with Gasteiger partial charge in [-0.3, -0.25) is 0 Å². The lowest BCUT2D eigenvalue weighted by Gasteiger charge is -2.31. The molecule has 11 aromatic carbocycles. The number of benzene rings is 11. The Morgan fingerprint density at radius 3 is 1.62 bits per heavy atom. The molecule has 0 heterocycles. The molecular formula is C67H49N. The zero-order valence-corrected chi connectivity index (χ0v) is 38.5. The highest BCUT2D eigenvalue weighted by Crippen LogP contribution is 2.56. The Morgan fingerprint density at radius 1 is 0.309 bits per heavy atom. The lowest BCUT2D eigenvalue weighted by atomic mass is 9.74. The van der Waals surface area contributed by atoms with Crippen molar-refractivity contribution in [2.75, 3.05) is 4.90 Å². The maximum absolute atomic E-state index is 2.50. The van der Waals surface area contributed by atoms with Crippen LogP contribution >= 0.6 is 0 Å². The second kappa shape index (κ2) is 15.4. The van der Waals surface area contributed by atoms with E-state index in [0.29, 0.717) is 0 Å². The molecule has 1 nitrogen and oxygen atoms in total. The van der Waals surface area contributed by atoms with Crippen LogP contribution in [0.4, 0.5) is 17.1 Å². The van der Waals surface area contributed by atoms with Gasteiger partial charge >= 0.3 is 0 Å². The van der Waals surface area contributed by atoms with Crippen LogP contribution in [-0.2, 0) is 10.8 Å². The average Bonchev–Trinajstić information content (AvgIpc) is 3.80. The van der Waals surface area contributed by atoms with Crippen LogP contribution in [0.1, 0.15) is 48.6 Å². The molecule has 11 aromatic rings. The highest BCUT2D eigenvalue weighted by Gasteiger charge is 2.41. The first-order valence-electron chi connectivity index (χ1n) is 23.9. The maximum atomic E-state index is 2.50. The molecule has 0 aliphatic heterocycles. The smallest absolute Gasteiger partial charge is 0.0540 e. The molecule has 0 N–H and O–H groups in total. The van der Waals surface area contributed by atoms with Gasteiger partial charge in [-0.1, -0.05) is 220 Å². The fraction of sp³-hybridized carbons (Fsp3) is 0.0746. The van der Waals surface area contributed by atoms with E-state index in [9.17, 15) is 0 Å². The summed E-state index contributed by atoms with van der Waals surface area (Å²) in [6, 6.07) is 90.3. The van der Waals surface area contributed by atoms with Crippen molar-refractivity contribution in [3.63, 3.8) is 0 Å². The van der Waals surface area contributed by atoms with E-state index in [0.717, 1.165) is 17.1 Å². The summed E-state index contributed by atoms with van der Waals surface area (Å²) in [5.74, 6) is 0. The Labute approximate surface area is 399 Å². The molecule has 0 saturated heterocycles. The summed E-state index contributed by atoms with van der Waals surface area (Å²) in [7, 11) is 0. The van der Waals surface area contributed by atoms with E-state index in [1.54, 1.807) is 0 Å². The molecule has 322 valence electrons. The lowest BCUT2D eigenvalue weighted by Crippen LogP contribution is -2.22. The van der Waals surface area contributed by atoms with E-state index in [1.807, 2.05) is 0 Å². The number of rotatable bonds is 7. The van der Waals surface area contributed by atoms with E-state index in [4.69, 9.17) is 0 Å². The van der Waals surface area contributed by atoms with Crippen LogP contribution in [0.3, 0.4) is 0 Å². The minimum atomic E-state index is -0.267. The predicted octanol–water partition coefficient (Wildman–Crippen LogP) is 18.1. The fourth-order valence-corrected chi connectivity index (χ4v) is 12.0. The molecule has 0 amide bonds. The van der Waals surface area contributed by atoms with Gasteiger partial charge in [0, 0.05) is 27.6 Å². The van der Waals surface area contributed by atoms with Gasteiger partial charge in [0.1, 0.15) is 0 Å². The van der Waals surface area contributed by atoms with E-state index < -0.39 is 0 Å². The van der Waals surface area contributed by atoms with E-state index in [-0.39, 0.29) is 10.8 Å². The monoisotopic (exact) mass is 867 g/mol. The fourth-order valence-electron chi connectivity index (χ4n) is 12.0. The van der Waals surface area contributed by atoms with Gasteiger partial charge in [-0.2, -0.15) is 0 Å². The van der Waals surface area contributed by atoms with Gasteiger partial charge in [-0.25, -0.2) is 0 Å². The van der Waals surface area contributed by atoms with Crippen LogP contribution in [0.15, 0.2) is 243 Å². The van der Waals surface area contributed by atoms with Crippen LogP contribution in [-0.4, -0.2) is 0 Å². The molecule has 0 spiro atoms. The summed E-state index contributed by atoms with van der Waals surface area (Å²) in [6.07, 6.45) is 0. The van der Waals surface area contributed by atoms with Crippen LogP contribution in [0.25, 0.3) is 77.2 Å². The van der Waals surface area contributed by atoms with E-state index >= 15 is 0 Å². The van der Waals surface area contributed by atoms with Crippen molar-refractivity contribution < 1.29 is 0 Å². The van der Waals surface area contributed by atoms with Gasteiger partial charge in [0.25, 0.3) is 0 Å². The lowest BCUT2D eigenvalue weighted by molar-refractivity contribution is 0.662. The summed E-state index contributed by atoms with van der Waals surface area (Å²) < 4.78 is 0. The molecular weight excluding hydrogens is 819 g/mol. The molecule has 1 heteroatoms. The molecule has 2 aliphatic rings. The predicted molar refractivity (Wildman–Crippen MR) is 287 cm³/mol. The van der Waals surface area contributed by atoms with Gasteiger partial charge in [0.2, 0.25) is 0 Å². The Kier molecular flexibility index (Phi) is 9.07. The number of para-hydroxylation sites is 2. The van der Waals surface area contributed by atoms with Gasteiger partial charge < -0.3 is 4.90 Å². The third-order valence-electron chi connectivity index (χ3n) is 15.3. The topological polar surface area (TPSA) is 3.24 Å². The number of hydrogen-bond donors (Lipinski definition) is 0. The van der Waals surface area contributed by atoms with Crippen LogP contribution < -0.4 is 4.90 Å². The zero-order valence-electron chi connectivity index (χ0n) is 38.5. The second-order valence-electron chi connectivity index (χ2n) is 19.3. The second-order valence-corrected chi connectivity index (χ2v) is 19.3. The summed E-state index contributed by atoms with van der Waals surface area (Å²) in [5, 5.41) is 5.03. The number of nitrogens with zero attached hydrogens (tertiary/aromatic N) is 1. The average molecular weight is 868 g/mol. The first kappa shape index (κ1) is 40.1. The molecule has 0 fully saturated rings. The number of anilines is 3. The zero-order chi connectivity index (χ0) is 45.6. The van der Waals surface area contributed by atoms with Crippen LogP contribution in [0.5, 0.6) is 0 Å². The van der Waals surface area contributed by atoms with E-state index in [2.05, 4.69) is 268 Å². The Morgan fingerprint density at radius 2 is 0.838 bits per heavy atom. The highest BCUT2D eigenvalue weighted by molar-refractivity contribution is 6.09. The largest absolute Gasteiger partial charge is 0.309 e. The van der Waals surface area contributed by atoms with Crippen molar-refractivity contribution in [3.05, 3.63) is 270 Å². The molecule has 1 atom stereocenters. The summed E-state index contributed by atoms with van der Waals surface area (Å²) in [5.41, 5.74) is 22.2. The first-order chi connectivity index (χ1) is 33.4. The summed E-state index contributed by atoms with van der Waals surface area (Å²) >= 11 is 0. The molecule has 68 heavy (non-hydrogen) atoms. The van der Waals surface area contributed by atoms with Crippen molar-refractivity contribution in [1.82, 2.24) is 0 Å². The molecule has 0 bridgehead atoms. The van der Waals surface area contributed by atoms with Crippen molar-refractivity contribution in [2.24, 2.45) is 0 Å². The molecule has 0 aromatic heterocycles. The SMILES string of the molecule is CC1(C)c2ccccc2-c2cccc(-c3ccccc3N(c3ccc(-c4ccc5c(c4)C(C)(c4ccccc4)c4ccccc4-5)cc3)c3ccccc3-c3ccc4c(ccc5ccccc54)c3)c21. The Bertz CT molecular complexity index is 3780. The Hall–Kier alpha value is -8.26. The minimum Gasteiger partial charge on any atom is -0.309 e. The summed E-state index contributed by atoms with van der Waals surface area (Å²) in [6.45, 7) is 7.17. The van der Waals surface area contributed by atoms with E-state index in [1.165, 1.54) is 105 Å². The molecule has 0 saturated carbocycles. The van der Waals surface area contributed by atoms with Crippen molar-refractivity contribution in [2.45, 2.75) is 31.6 Å². The van der Waals surface area contributed by atoms with Gasteiger partial charge in [-0.15, -0.1) is 0 Å². The van der Waals surface area contributed by atoms with Gasteiger partial charge in [0.15, 0.2) is 0 Å². The quantitative estimate of drug-likeness (QED) is 0.144. The van der Waals surface area contributed by atoms with Crippen molar-refractivity contribution in [1.29, 1.82) is 0 Å². The highest BCUT2D eigenvalue weighted by atomic mass is 15.1. The number of fused-ring (bicyclic) bond motifs is 9. The summed E-state index contributed by atoms with van der Waals surface area (Å²) in [4.78, 5) is 2.50. The number of hydrogen-bond acceptors (Lipinski definition) is 1. The normalized spacial score (nSPS) is 15.2. The van der Waals surface area contributed by atoms with Gasteiger partial charge in [0.05, 0.1) is 11.4 Å². The minimum absolute atomic E-state index is 0.177. The third-order valence-corrected chi connectivity index (χ3v) is 15.3. The van der Waals surface area contributed by atoms with Crippen LogP contribution in [0.2, 0.25) is 0 Å². The Balaban J connectivity index is 0.983. The molecule has 0 radical (unpaired) electrons. The maximum Gasteiger partial charge on any atom is 0.0540 e. The third kappa shape index (κ3) is 6.02. The molecule has 2 aliphatic carbocycles. The van der Waals surface area contributed by atoms with Gasteiger partial charge in [-0.05, 0) is 137 Å². The van der Waals surface area contributed by atoms with Crippen molar-refractivity contribution >= 4 is 38.6 Å². The van der Waals surface area contributed by atoms with Crippen molar-refractivity contribution in [3.8, 4) is 55.6 Å². The molecule has 13 rings (SSSR count). The first-order valence-corrected chi connectivity index (χ1v) is 23.9. The van der Waals surface area contributed by atoms with Crippen LogP contribution in [0, 0.1) is 0 Å². The molecule has 1 unspecified atom stereocenters.